The first-order valence-electron chi connectivity index (χ1n) is 6.58. The average molecular weight is 269 g/mol. The summed E-state index contributed by atoms with van der Waals surface area (Å²) in [5, 5.41) is 8.88. The lowest BCUT2D eigenvalue weighted by molar-refractivity contribution is 0.0697. The van der Waals surface area contributed by atoms with Gasteiger partial charge < -0.3 is 10.0 Å². The van der Waals surface area contributed by atoms with Crippen molar-refractivity contribution in [3.63, 3.8) is 0 Å². The van der Waals surface area contributed by atoms with Crippen molar-refractivity contribution in [3.05, 3.63) is 64.7 Å². The van der Waals surface area contributed by atoms with E-state index in [1.54, 1.807) is 12.1 Å². The molecule has 0 spiro atoms. The van der Waals surface area contributed by atoms with Crippen LogP contribution < -0.4 is 4.90 Å². The molecule has 0 aliphatic heterocycles. The molecule has 0 aliphatic rings. The van der Waals surface area contributed by atoms with Gasteiger partial charge >= 0.3 is 5.97 Å². The molecule has 3 nitrogen and oxygen atoms in total. The minimum absolute atomic E-state index is 0.322. The highest BCUT2D eigenvalue weighted by Gasteiger charge is 2.05. The van der Waals surface area contributed by atoms with Crippen molar-refractivity contribution in [2.24, 2.45) is 0 Å². The van der Waals surface area contributed by atoms with Crippen LogP contribution in [-0.4, -0.2) is 18.1 Å². The second-order valence-corrected chi connectivity index (χ2v) is 5.13. The molecule has 0 aliphatic carbocycles. The molecule has 2 aromatic rings. The number of benzene rings is 2. The van der Waals surface area contributed by atoms with Crippen LogP contribution >= 0.6 is 0 Å². The van der Waals surface area contributed by atoms with Crippen LogP contribution in [0.2, 0.25) is 0 Å². The molecule has 1 N–H and O–H groups in total. The molecule has 0 saturated heterocycles. The normalized spacial score (nSPS) is 10.3. The van der Waals surface area contributed by atoms with Gasteiger partial charge in [0.2, 0.25) is 0 Å². The van der Waals surface area contributed by atoms with E-state index in [1.165, 1.54) is 11.1 Å². The van der Waals surface area contributed by atoms with Crippen molar-refractivity contribution in [1.82, 2.24) is 0 Å². The molecule has 0 atom stereocenters. The predicted molar refractivity (Wildman–Crippen MR) is 81.4 cm³/mol. The van der Waals surface area contributed by atoms with E-state index < -0.39 is 5.97 Å². The number of carbonyl (C=O) groups is 1. The van der Waals surface area contributed by atoms with Gasteiger partial charge in [0.05, 0.1) is 5.56 Å². The second-order valence-electron chi connectivity index (χ2n) is 5.13. The highest BCUT2D eigenvalue weighted by atomic mass is 16.4. The fourth-order valence-corrected chi connectivity index (χ4v) is 2.08. The molecule has 3 heteroatoms. The zero-order chi connectivity index (χ0) is 14.7. The first-order valence-corrected chi connectivity index (χ1v) is 6.58. The third-order valence-electron chi connectivity index (χ3n) is 3.55. The van der Waals surface area contributed by atoms with Crippen molar-refractivity contribution in [2.75, 3.05) is 11.9 Å². The van der Waals surface area contributed by atoms with Gasteiger partial charge in [-0.05, 0) is 54.8 Å². The Hall–Kier alpha value is -2.29. The lowest BCUT2D eigenvalue weighted by atomic mass is 10.1. The fourth-order valence-electron chi connectivity index (χ4n) is 2.08. The number of nitrogens with zero attached hydrogens (tertiary/aromatic N) is 1. The van der Waals surface area contributed by atoms with Gasteiger partial charge in [0.25, 0.3) is 0 Å². The molecule has 0 aromatic heterocycles. The summed E-state index contributed by atoms with van der Waals surface area (Å²) in [7, 11) is 2.04. The van der Waals surface area contributed by atoms with Crippen LogP contribution in [0.25, 0.3) is 0 Å². The molecule has 20 heavy (non-hydrogen) atoms. The standard InChI is InChI=1S/C17H19NO2/c1-12-4-9-16(10-13(12)2)18(3)11-14-5-7-15(8-6-14)17(19)20/h4-10H,11H2,1-3H3,(H,19,20). The van der Waals surface area contributed by atoms with E-state index in [4.69, 9.17) is 5.11 Å². The van der Waals surface area contributed by atoms with Crippen molar-refractivity contribution < 1.29 is 9.90 Å². The zero-order valence-electron chi connectivity index (χ0n) is 12.1. The maximum atomic E-state index is 10.8. The smallest absolute Gasteiger partial charge is 0.335 e. The summed E-state index contributed by atoms with van der Waals surface area (Å²) in [6.45, 7) is 4.96. The first-order chi connectivity index (χ1) is 9.47. The Morgan fingerprint density at radius 2 is 1.70 bits per heavy atom. The van der Waals surface area contributed by atoms with Gasteiger partial charge in [-0.3, -0.25) is 0 Å². The second kappa shape index (κ2) is 5.78. The number of anilines is 1. The number of carboxylic acid groups (broad SMARTS) is 1. The van der Waals surface area contributed by atoms with Crippen molar-refractivity contribution in [3.8, 4) is 0 Å². The van der Waals surface area contributed by atoms with Crippen molar-refractivity contribution >= 4 is 11.7 Å². The summed E-state index contributed by atoms with van der Waals surface area (Å²) < 4.78 is 0. The summed E-state index contributed by atoms with van der Waals surface area (Å²) in [4.78, 5) is 13.0. The maximum absolute atomic E-state index is 10.8. The van der Waals surface area contributed by atoms with Crippen LogP contribution in [0.5, 0.6) is 0 Å². The van der Waals surface area contributed by atoms with Gasteiger partial charge in [-0.2, -0.15) is 0 Å². The number of rotatable bonds is 4. The van der Waals surface area contributed by atoms with Gasteiger partial charge in [0.15, 0.2) is 0 Å². The molecule has 0 fully saturated rings. The van der Waals surface area contributed by atoms with Gasteiger partial charge in [-0.15, -0.1) is 0 Å². The van der Waals surface area contributed by atoms with E-state index in [2.05, 4.69) is 36.9 Å². The quantitative estimate of drug-likeness (QED) is 0.921. The lowest BCUT2D eigenvalue weighted by Crippen LogP contribution is -2.16. The van der Waals surface area contributed by atoms with E-state index in [0.29, 0.717) is 5.56 Å². The Morgan fingerprint density at radius 1 is 1.05 bits per heavy atom. The largest absolute Gasteiger partial charge is 0.478 e. The van der Waals surface area contributed by atoms with Crippen molar-refractivity contribution in [2.45, 2.75) is 20.4 Å². The zero-order valence-corrected chi connectivity index (χ0v) is 12.1. The van der Waals surface area contributed by atoms with Gasteiger partial charge in [-0.25, -0.2) is 4.79 Å². The van der Waals surface area contributed by atoms with Crippen LogP contribution in [-0.2, 0) is 6.54 Å². The monoisotopic (exact) mass is 269 g/mol. The predicted octanol–water partition coefficient (Wildman–Crippen LogP) is 3.64. The van der Waals surface area contributed by atoms with E-state index in [0.717, 1.165) is 17.8 Å². The number of carboxylic acids is 1. The summed E-state index contributed by atoms with van der Waals surface area (Å²) in [6.07, 6.45) is 0. The molecule has 0 radical (unpaired) electrons. The molecule has 0 saturated carbocycles. The van der Waals surface area contributed by atoms with E-state index in [-0.39, 0.29) is 0 Å². The Balaban J connectivity index is 2.12. The van der Waals surface area contributed by atoms with E-state index in [9.17, 15) is 4.79 Å². The number of aryl methyl sites for hydroxylation is 2. The summed E-state index contributed by atoms with van der Waals surface area (Å²) in [6, 6.07) is 13.4. The third kappa shape index (κ3) is 3.18. The number of aromatic carboxylic acids is 1. The Kier molecular flexibility index (Phi) is 4.08. The maximum Gasteiger partial charge on any atom is 0.335 e. The number of hydrogen-bond acceptors (Lipinski definition) is 2. The Morgan fingerprint density at radius 3 is 2.25 bits per heavy atom. The van der Waals surface area contributed by atoms with Crippen molar-refractivity contribution in [1.29, 1.82) is 0 Å². The fraction of sp³-hybridized carbons (Fsp3) is 0.235. The molecule has 0 unspecified atom stereocenters. The van der Waals surface area contributed by atoms with Gasteiger partial charge in [-0.1, -0.05) is 18.2 Å². The highest BCUT2D eigenvalue weighted by molar-refractivity contribution is 5.87. The minimum Gasteiger partial charge on any atom is -0.478 e. The summed E-state index contributed by atoms with van der Waals surface area (Å²) in [5.41, 5.74) is 5.14. The molecule has 0 bridgehead atoms. The Labute approximate surface area is 119 Å². The van der Waals surface area contributed by atoms with E-state index in [1.807, 2.05) is 19.2 Å². The van der Waals surface area contributed by atoms with Crippen LogP contribution in [0.15, 0.2) is 42.5 Å². The molecular weight excluding hydrogens is 250 g/mol. The topological polar surface area (TPSA) is 40.5 Å². The van der Waals surface area contributed by atoms with E-state index >= 15 is 0 Å². The minimum atomic E-state index is -0.890. The molecular formula is C17H19NO2. The molecule has 104 valence electrons. The summed E-state index contributed by atoms with van der Waals surface area (Å²) >= 11 is 0. The van der Waals surface area contributed by atoms with Crippen LogP contribution in [0, 0.1) is 13.8 Å². The lowest BCUT2D eigenvalue weighted by Gasteiger charge is -2.20. The summed E-state index contributed by atoms with van der Waals surface area (Å²) in [5.74, 6) is -0.890. The van der Waals surface area contributed by atoms with Crippen LogP contribution in [0.3, 0.4) is 0 Å². The molecule has 2 rings (SSSR count). The third-order valence-corrected chi connectivity index (χ3v) is 3.55. The van der Waals surface area contributed by atoms with Gasteiger partial charge in [0, 0.05) is 19.3 Å². The Bertz CT molecular complexity index is 617. The SMILES string of the molecule is Cc1ccc(N(C)Cc2ccc(C(=O)O)cc2)cc1C. The molecule has 0 amide bonds. The van der Waals surface area contributed by atoms with Gasteiger partial charge in [0.1, 0.15) is 0 Å². The first kappa shape index (κ1) is 14.1. The number of hydrogen-bond donors (Lipinski definition) is 1. The average Bonchev–Trinajstić information content (AvgIpc) is 2.42. The molecule has 0 heterocycles. The van der Waals surface area contributed by atoms with Crippen LogP contribution in [0.1, 0.15) is 27.0 Å². The molecule has 2 aromatic carbocycles. The highest BCUT2D eigenvalue weighted by Crippen LogP contribution is 2.19. The van der Waals surface area contributed by atoms with Crippen LogP contribution in [0.4, 0.5) is 5.69 Å².